The second kappa shape index (κ2) is 10.4. The Hall–Kier alpha value is -3.35. The van der Waals surface area contributed by atoms with E-state index >= 15 is 0 Å². The summed E-state index contributed by atoms with van der Waals surface area (Å²) in [5, 5.41) is 7.67. The lowest BCUT2D eigenvalue weighted by molar-refractivity contribution is -0.118. The minimum atomic E-state index is -0.394. The maximum Gasteiger partial charge on any atom is 0.271 e. The highest BCUT2D eigenvalue weighted by molar-refractivity contribution is 6.31. The molecule has 0 aromatic heterocycles. The molecule has 0 aliphatic heterocycles. The summed E-state index contributed by atoms with van der Waals surface area (Å²) in [5.41, 5.74) is 4.02. The van der Waals surface area contributed by atoms with Crippen molar-refractivity contribution in [1.82, 2.24) is 5.43 Å². The Bertz CT molecular complexity index is 1050. The third-order valence-electron chi connectivity index (χ3n) is 3.86. The van der Waals surface area contributed by atoms with Crippen molar-refractivity contribution in [1.29, 1.82) is 0 Å². The summed E-state index contributed by atoms with van der Waals surface area (Å²) in [6.07, 6.45) is 1.39. The van der Waals surface area contributed by atoms with Gasteiger partial charge in [-0.1, -0.05) is 41.4 Å². The van der Waals surface area contributed by atoms with Crippen molar-refractivity contribution in [2.45, 2.75) is 0 Å². The number of nitrogens with zero attached hydrogens (tertiary/aromatic N) is 1. The Morgan fingerprint density at radius 2 is 1.63 bits per heavy atom. The van der Waals surface area contributed by atoms with Crippen LogP contribution in [0.2, 0.25) is 10.0 Å². The number of hydrogen-bond donors (Lipinski definition) is 2. The Labute approximate surface area is 183 Å². The van der Waals surface area contributed by atoms with E-state index in [2.05, 4.69) is 15.8 Å². The summed E-state index contributed by atoms with van der Waals surface area (Å²) in [6.45, 7) is -0.200. The van der Waals surface area contributed by atoms with Crippen LogP contribution in [0.1, 0.15) is 15.9 Å². The van der Waals surface area contributed by atoms with Crippen LogP contribution in [0.4, 0.5) is 5.69 Å². The Balaban J connectivity index is 1.61. The molecule has 0 atom stereocenters. The minimum Gasteiger partial charge on any atom is -0.483 e. The Morgan fingerprint density at radius 3 is 2.37 bits per heavy atom. The van der Waals surface area contributed by atoms with E-state index in [1.165, 1.54) is 6.21 Å². The molecule has 0 fully saturated rings. The molecule has 6 nitrogen and oxygen atoms in total. The fraction of sp³-hybridized carbons (Fsp3) is 0.0455. The lowest BCUT2D eigenvalue weighted by Crippen LogP contribution is -2.20. The van der Waals surface area contributed by atoms with Crippen molar-refractivity contribution in [3.8, 4) is 5.75 Å². The predicted octanol–water partition coefficient (Wildman–Crippen LogP) is 4.77. The van der Waals surface area contributed by atoms with Crippen LogP contribution >= 0.6 is 23.2 Å². The fourth-order valence-corrected chi connectivity index (χ4v) is 2.75. The SMILES string of the molecule is O=C(COc1ccc(Cl)cc1/C=N/NC(=O)c1ccc(Cl)cc1)Nc1ccccc1. The van der Waals surface area contributed by atoms with E-state index in [0.29, 0.717) is 32.6 Å². The third-order valence-corrected chi connectivity index (χ3v) is 4.35. The zero-order chi connectivity index (χ0) is 21.3. The van der Waals surface area contributed by atoms with Crippen molar-refractivity contribution in [2.75, 3.05) is 11.9 Å². The van der Waals surface area contributed by atoms with Crippen LogP contribution in [0.3, 0.4) is 0 Å². The molecule has 3 aromatic carbocycles. The summed E-state index contributed by atoms with van der Waals surface area (Å²) >= 11 is 11.9. The number of para-hydroxylation sites is 1. The number of amides is 2. The molecule has 0 radical (unpaired) electrons. The normalized spacial score (nSPS) is 10.6. The molecule has 3 rings (SSSR count). The van der Waals surface area contributed by atoms with Gasteiger partial charge in [0.1, 0.15) is 5.75 Å². The molecule has 0 aliphatic carbocycles. The molecule has 2 N–H and O–H groups in total. The molecule has 152 valence electrons. The van der Waals surface area contributed by atoms with Gasteiger partial charge in [-0.3, -0.25) is 9.59 Å². The van der Waals surface area contributed by atoms with Crippen molar-refractivity contribution < 1.29 is 14.3 Å². The molecule has 0 saturated carbocycles. The molecule has 0 saturated heterocycles. The highest BCUT2D eigenvalue weighted by Crippen LogP contribution is 2.21. The first kappa shape index (κ1) is 21.4. The topological polar surface area (TPSA) is 79.8 Å². The predicted molar refractivity (Wildman–Crippen MR) is 119 cm³/mol. The molecule has 3 aromatic rings. The summed E-state index contributed by atoms with van der Waals surface area (Å²) in [4.78, 5) is 24.2. The summed E-state index contributed by atoms with van der Waals surface area (Å²) < 4.78 is 5.59. The van der Waals surface area contributed by atoms with Gasteiger partial charge in [-0.2, -0.15) is 5.10 Å². The molecule has 0 unspecified atom stereocenters. The zero-order valence-electron chi connectivity index (χ0n) is 15.6. The zero-order valence-corrected chi connectivity index (χ0v) is 17.2. The molecule has 0 spiro atoms. The molecule has 0 heterocycles. The van der Waals surface area contributed by atoms with E-state index in [1.54, 1.807) is 54.6 Å². The van der Waals surface area contributed by atoms with Crippen LogP contribution in [0.5, 0.6) is 5.75 Å². The van der Waals surface area contributed by atoms with Crippen molar-refractivity contribution >= 4 is 46.9 Å². The number of nitrogens with one attached hydrogen (secondary N) is 2. The number of carbonyl (C=O) groups excluding carboxylic acids is 2. The number of halogens is 2. The van der Waals surface area contributed by atoms with Gasteiger partial charge in [0, 0.05) is 26.9 Å². The van der Waals surface area contributed by atoms with Gasteiger partial charge in [0.05, 0.1) is 6.21 Å². The van der Waals surface area contributed by atoms with Gasteiger partial charge in [0.2, 0.25) is 0 Å². The van der Waals surface area contributed by atoms with Crippen molar-refractivity contribution in [2.24, 2.45) is 5.10 Å². The summed E-state index contributed by atoms with van der Waals surface area (Å²) in [7, 11) is 0. The summed E-state index contributed by atoms with van der Waals surface area (Å²) in [5.74, 6) is -0.308. The number of benzene rings is 3. The second-order valence-electron chi connectivity index (χ2n) is 6.09. The smallest absolute Gasteiger partial charge is 0.271 e. The number of rotatable bonds is 7. The molecule has 0 bridgehead atoms. The first-order chi connectivity index (χ1) is 14.5. The number of ether oxygens (including phenoxy) is 1. The Kier molecular flexibility index (Phi) is 7.43. The molecule has 30 heavy (non-hydrogen) atoms. The fourth-order valence-electron chi connectivity index (χ4n) is 2.44. The number of hydrogen-bond acceptors (Lipinski definition) is 4. The molecule has 2 amide bonds. The van der Waals surface area contributed by atoms with Gasteiger partial charge in [0.15, 0.2) is 6.61 Å². The van der Waals surface area contributed by atoms with Crippen LogP contribution in [0.15, 0.2) is 77.9 Å². The molecule has 8 heteroatoms. The Morgan fingerprint density at radius 1 is 0.933 bits per heavy atom. The summed E-state index contributed by atoms with van der Waals surface area (Å²) in [6, 6.07) is 20.3. The largest absolute Gasteiger partial charge is 0.483 e. The lowest BCUT2D eigenvalue weighted by Gasteiger charge is -2.10. The average Bonchev–Trinajstić information content (AvgIpc) is 2.74. The van der Waals surface area contributed by atoms with Gasteiger partial charge in [-0.15, -0.1) is 0 Å². The van der Waals surface area contributed by atoms with Crippen LogP contribution in [-0.2, 0) is 4.79 Å². The van der Waals surface area contributed by atoms with Crippen molar-refractivity contribution in [3.05, 3.63) is 94.0 Å². The molecular weight excluding hydrogens is 425 g/mol. The standard InChI is InChI=1S/C22H17Cl2N3O3/c23-17-8-6-15(7-9-17)22(29)27-25-13-16-12-18(24)10-11-20(16)30-14-21(28)26-19-4-2-1-3-5-19/h1-13H,14H2,(H,26,28)(H,27,29)/b25-13+. The number of carbonyl (C=O) groups is 2. The van der Waals surface area contributed by atoms with E-state index in [4.69, 9.17) is 27.9 Å². The van der Waals surface area contributed by atoms with E-state index in [0.717, 1.165) is 0 Å². The van der Waals surface area contributed by atoms with Crippen LogP contribution in [-0.4, -0.2) is 24.6 Å². The molecular formula is C22H17Cl2N3O3. The van der Waals surface area contributed by atoms with Gasteiger partial charge < -0.3 is 10.1 Å². The number of hydrazone groups is 1. The maximum absolute atomic E-state index is 12.1. The third kappa shape index (κ3) is 6.34. The average molecular weight is 442 g/mol. The quantitative estimate of drug-likeness (QED) is 0.409. The van der Waals surface area contributed by atoms with Crippen molar-refractivity contribution in [3.63, 3.8) is 0 Å². The number of anilines is 1. The van der Waals surface area contributed by atoms with Crippen LogP contribution in [0.25, 0.3) is 0 Å². The highest BCUT2D eigenvalue weighted by Gasteiger charge is 2.08. The van der Waals surface area contributed by atoms with Gasteiger partial charge >= 0.3 is 0 Å². The molecule has 0 aliphatic rings. The minimum absolute atomic E-state index is 0.200. The highest BCUT2D eigenvalue weighted by atomic mass is 35.5. The van der Waals surface area contributed by atoms with E-state index in [-0.39, 0.29) is 12.5 Å². The van der Waals surface area contributed by atoms with Gasteiger partial charge in [0.25, 0.3) is 11.8 Å². The van der Waals surface area contributed by atoms with E-state index < -0.39 is 5.91 Å². The van der Waals surface area contributed by atoms with Gasteiger partial charge in [-0.05, 0) is 54.6 Å². The lowest BCUT2D eigenvalue weighted by atomic mass is 10.2. The van der Waals surface area contributed by atoms with Crippen LogP contribution in [0, 0.1) is 0 Å². The second-order valence-corrected chi connectivity index (χ2v) is 6.96. The monoisotopic (exact) mass is 441 g/mol. The van der Waals surface area contributed by atoms with E-state index in [1.807, 2.05) is 18.2 Å². The maximum atomic E-state index is 12.1. The first-order valence-corrected chi connectivity index (χ1v) is 9.63. The van der Waals surface area contributed by atoms with Crippen LogP contribution < -0.4 is 15.5 Å². The van der Waals surface area contributed by atoms with Gasteiger partial charge in [-0.25, -0.2) is 5.43 Å². The first-order valence-electron chi connectivity index (χ1n) is 8.87. The van der Waals surface area contributed by atoms with E-state index in [9.17, 15) is 9.59 Å².